The number of carbonyl (C=O) groups is 2. The molecule has 0 aliphatic heterocycles. The molecule has 7 heteroatoms. The van der Waals surface area contributed by atoms with Crippen molar-refractivity contribution < 1.29 is 9.59 Å². The smallest absolute Gasteiger partial charge is 0.256 e. The lowest BCUT2D eigenvalue weighted by atomic mass is 10.2. The molecule has 0 aromatic carbocycles. The predicted octanol–water partition coefficient (Wildman–Crippen LogP) is -0.209. The molecule has 2 amide bonds. The molecule has 0 unspecified atom stereocenters. The number of anilines is 1. The van der Waals surface area contributed by atoms with E-state index in [0.29, 0.717) is 36.8 Å². The summed E-state index contributed by atoms with van der Waals surface area (Å²) < 4.78 is 1.44. The summed E-state index contributed by atoms with van der Waals surface area (Å²) in [6.45, 7) is 0.450. The van der Waals surface area contributed by atoms with Crippen molar-refractivity contribution >= 4 is 17.6 Å². The van der Waals surface area contributed by atoms with Gasteiger partial charge in [0.2, 0.25) is 5.91 Å². The Labute approximate surface area is 111 Å². The molecule has 1 aliphatic carbocycles. The number of amides is 2. The molecule has 0 radical (unpaired) electrons. The van der Waals surface area contributed by atoms with Crippen LogP contribution in [0.3, 0.4) is 0 Å². The zero-order valence-electron chi connectivity index (χ0n) is 11.0. The number of rotatable bonds is 6. The molecule has 1 saturated carbocycles. The van der Waals surface area contributed by atoms with Crippen LogP contribution in [0.5, 0.6) is 0 Å². The van der Waals surface area contributed by atoms with Crippen molar-refractivity contribution in [3.05, 3.63) is 11.8 Å². The zero-order valence-corrected chi connectivity index (χ0v) is 11.0. The first-order chi connectivity index (χ1) is 9.08. The minimum Gasteiger partial charge on any atom is -0.383 e. The maximum Gasteiger partial charge on any atom is 0.256 e. The van der Waals surface area contributed by atoms with Crippen LogP contribution in [0.2, 0.25) is 0 Å². The van der Waals surface area contributed by atoms with Gasteiger partial charge in [-0.3, -0.25) is 14.3 Å². The monoisotopic (exact) mass is 265 g/mol. The van der Waals surface area contributed by atoms with E-state index in [0.717, 1.165) is 12.8 Å². The highest BCUT2D eigenvalue weighted by Gasteiger charge is 2.22. The normalized spacial score (nSPS) is 14.2. The van der Waals surface area contributed by atoms with Crippen molar-refractivity contribution in [2.24, 2.45) is 7.05 Å². The summed E-state index contributed by atoms with van der Waals surface area (Å²) >= 11 is 0. The Morgan fingerprint density at radius 3 is 2.84 bits per heavy atom. The van der Waals surface area contributed by atoms with E-state index >= 15 is 0 Å². The quantitative estimate of drug-likeness (QED) is 0.619. The average molecular weight is 265 g/mol. The summed E-state index contributed by atoms with van der Waals surface area (Å²) in [7, 11) is 1.67. The van der Waals surface area contributed by atoms with Crippen LogP contribution in [0.4, 0.5) is 5.82 Å². The third kappa shape index (κ3) is 3.70. The summed E-state index contributed by atoms with van der Waals surface area (Å²) in [5.41, 5.74) is 6.06. The number of nitrogen functional groups attached to an aromatic ring is 1. The molecule has 19 heavy (non-hydrogen) atoms. The average Bonchev–Trinajstić information content (AvgIpc) is 3.12. The lowest BCUT2D eigenvalue weighted by molar-refractivity contribution is -0.121. The SMILES string of the molecule is Cn1ncc(C(=O)NCCCC(=O)NC2CC2)c1N. The highest BCUT2D eigenvalue weighted by atomic mass is 16.2. The molecule has 1 aliphatic rings. The highest BCUT2D eigenvalue weighted by Crippen LogP contribution is 2.18. The molecular weight excluding hydrogens is 246 g/mol. The Hall–Kier alpha value is -2.05. The van der Waals surface area contributed by atoms with Gasteiger partial charge in [-0.05, 0) is 19.3 Å². The predicted molar refractivity (Wildman–Crippen MR) is 70.4 cm³/mol. The van der Waals surface area contributed by atoms with Crippen LogP contribution in [-0.4, -0.2) is 34.2 Å². The van der Waals surface area contributed by atoms with E-state index in [1.807, 2.05) is 0 Å². The Kier molecular flexibility index (Phi) is 4.03. The second kappa shape index (κ2) is 5.73. The van der Waals surface area contributed by atoms with E-state index < -0.39 is 0 Å². The van der Waals surface area contributed by atoms with Gasteiger partial charge < -0.3 is 16.4 Å². The maximum atomic E-state index is 11.8. The van der Waals surface area contributed by atoms with Gasteiger partial charge >= 0.3 is 0 Å². The molecular formula is C12H19N5O2. The summed E-state index contributed by atoms with van der Waals surface area (Å²) in [5, 5.41) is 9.53. The van der Waals surface area contributed by atoms with Gasteiger partial charge in [0, 0.05) is 26.1 Å². The first-order valence-corrected chi connectivity index (χ1v) is 6.43. The minimum absolute atomic E-state index is 0.0534. The molecule has 4 N–H and O–H groups in total. The fourth-order valence-electron chi connectivity index (χ4n) is 1.70. The topological polar surface area (TPSA) is 102 Å². The Bertz CT molecular complexity index is 478. The molecule has 0 saturated heterocycles. The van der Waals surface area contributed by atoms with Gasteiger partial charge in [0.15, 0.2) is 0 Å². The molecule has 1 fully saturated rings. The lowest BCUT2D eigenvalue weighted by Crippen LogP contribution is -2.28. The fourth-order valence-corrected chi connectivity index (χ4v) is 1.70. The molecule has 0 atom stereocenters. The number of hydrogen-bond donors (Lipinski definition) is 3. The molecule has 7 nitrogen and oxygen atoms in total. The van der Waals surface area contributed by atoms with Gasteiger partial charge in [0.1, 0.15) is 11.4 Å². The molecule has 1 heterocycles. The van der Waals surface area contributed by atoms with Crippen LogP contribution in [0.25, 0.3) is 0 Å². The van der Waals surface area contributed by atoms with Crippen LogP contribution in [0.15, 0.2) is 6.20 Å². The molecule has 1 aromatic heterocycles. The molecule has 2 rings (SSSR count). The Morgan fingerprint density at radius 2 is 2.26 bits per heavy atom. The molecule has 104 valence electrons. The van der Waals surface area contributed by atoms with Gasteiger partial charge in [-0.1, -0.05) is 0 Å². The first-order valence-electron chi connectivity index (χ1n) is 6.43. The molecule has 1 aromatic rings. The van der Waals surface area contributed by atoms with Gasteiger partial charge in [-0.25, -0.2) is 0 Å². The van der Waals surface area contributed by atoms with Crippen molar-refractivity contribution in [3.8, 4) is 0 Å². The Morgan fingerprint density at radius 1 is 1.53 bits per heavy atom. The van der Waals surface area contributed by atoms with E-state index in [2.05, 4.69) is 15.7 Å². The van der Waals surface area contributed by atoms with Crippen LogP contribution < -0.4 is 16.4 Å². The van der Waals surface area contributed by atoms with Gasteiger partial charge in [0.25, 0.3) is 5.91 Å². The number of nitrogens with one attached hydrogen (secondary N) is 2. The minimum atomic E-state index is -0.256. The number of hydrogen-bond acceptors (Lipinski definition) is 4. The van der Waals surface area contributed by atoms with Crippen molar-refractivity contribution in [1.82, 2.24) is 20.4 Å². The summed E-state index contributed by atoms with van der Waals surface area (Å²) in [6.07, 6.45) is 4.65. The third-order valence-corrected chi connectivity index (χ3v) is 3.04. The maximum absolute atomic E-state index is 11.8. The largest absolute Gasteiger partial charge is 0.383 e. The molecule has 0 spiro atoms. The van der Waals surface area contributed by atoms with Crippen LogP contribution in [0, 0.1) is 0 Å². The summed E-state index contributed by atoms with van der Waals surface area (Å²) in [5.74, 6) is 0.134. The Balaban J connectivity index is 1.66. The number of nitrogens with two attached hydrogens (primary N) is 1. The summed E-state index contributed by atoms with van der Waals surface area (Å²) in [4.78, 5) is 23.2. The van der Waals surface area contributed by atoms with Crippen molar-refractivity contribution in [2.45, 2.75) is 31.7 Å². The zero-order chi connectivity index (χ0) is 13.8. The highest BCUT2D eigenvalue weighted by molar-refractivity contribution is 5.98. The van der Waals surface area contributed by atoms with E-state index in [-0.39, 0.29) is 11.8 Å². The van der Waals surface area contributed by atoms with Crippen molar-refractivity contribution in [3.63, 3.8) is 0 Å². The van der Waals surface area contributed by atoms with Crippen LogP contribution >= 0.6 is 0 Å². The third-order valence-electron chi connectivity index (χ3n) is 3.04. The lowest BCUT2D eigenvalue weighted by Gasteiger charge is -2.05. The van der Waals surface area contributed by atoms with E-state index in [4.69, 9.17) is 5.73 Å². The van der Waals surface area contributed by atoms with Crippen molar-refractivity contribution in [2.75, 3.05) is 12.3 Å². The van der Waals surface area contributed by atoms with Gasteiger partial charge in [0.05, 0.1) is 6.20 Å². The van der Waals surface area contributed by atoms with Gasteiger partial charge in [-0.2, -0.15) is 5.10 Å². The molecule has 0 bridgehead atoms. The van der Waals surface area contributed by atoms with Crippen LogP contribution in [-0.2, 0) is 11.8 Å². The van der Waals surface area contributed by atoms with Crippen LogP contribution in [0.1, 0.15) is 36.0 Å². The van der Waals surface area contributed by atoms with Crippen molar-refractivity contribution in [1.29, 1.82) is 0 Å². The van der Waals surface area contributed by atoms with Gasteiger partial charge in [-0.15, -0.1) is 0 Å². The van der Waals surface area contributed by atoms with E-state index in [1.165, 1.54) is 10.9 Å². The standard InChI is InChI=1S/C12H19N5O2/c1-17-11(13)9(7-15-17)12(19)14-6-2-3-10(18)16-8-4-5-8/h7-8H,2-6,13H2,1H3,(H,14,19)(H,16,18). The first kappa shape index (κ1) is 13.4. The van der Waals surface area contributed by atoms with E-state index in [9.17, 15) is 9.59 Å². The number of aromatic nitrogens is 2. The second-order valence-electron chi connectivity index (χ2n) is 4.77. The summed E-state index contributed by atoms with van der Waals surface area (Å²) in [6, 6.07) is 0.386. The number of carbonyl (C=O) groups excluding carboxylic acids is 2. The number of nitrogens with zero attached hydrogens (tertiary/aromatic N) is 2. The fraction of sp³-hybridized carbons (Fsp3) is 0.583. The second-order valence-corrected chi connectivity index (χ2v) is 4.77. The van der Waals surface area contributed by atoms with E-state index in [1.54, 1.807) is 7.05 Å². The number of aryl methyl sites for hydroxylation is 1.